The number of para-hydroxylation sites is 1. The number of piperazine rings is 1. The number of nitrogens with one attached hydrogen (secondary N) is 1. The van der Waals surface area contributed by atoms with E-state index in [2.05, 4.69) is 41.3 Å². The first-order chi connectivity index (χ1) is 32.9. The summed E-state index contributed by atoms with van der Waals surface area (Å²) in [5.74, 6) is 1.65. The number of carbonyl (C=O) groups excluding carboxylic acids is 1. The Kier molecular flexibility index (Phi) is 13.4. The number of nitrogens with zero attached hydrogens (tertiary/aromatic N) is 10. The van der Waals surface area contributed by atoms with Crippen LogP contribution in [-0.2, 0) is 11.3 Å². The Labute approximate surface area is 395 Å². The highest BCUT2D eigenvalue weighted by Crippen LogP contribution is 2.41. The number of amides is 1. The van der Waals surface area contributed by atoms with Gasteiger partial charge in [0.2, 0.25) is 5.95 Å². The first kappa shape index (κ1) is 46.1. The highest BCUT2D eigenvalue weighted by atomic mass is 16.5. The molecule has 2 aromatic heterocycles. The van der Waals surface area contributed by atoms with E-state index in [1.54, 1.807) is 24.2 Å². The number of anilines is 6. The molecule has 1 amide bonds. The van der Waals surface area contributed by atoms with Crippen molar-refractivity contribution in [1.29, 1.82) is 0 Å². The maximum atomic E-state index is 13.2. The van der Waals surface area contributed by atoms with Crippen LogP contribution in [0.1, 0.15) is 61.0 Å². The van der Waals surface area contributed by atoms with Crippen LogP contribution < -0.4 is 24.8 Å². The van der Waals surface area contributed by atoms with Crippen molar-refractivity contribution in [2.75, 3.05) is 86.6 Å². The second kappa shape index (κ2) is 19.7. The number of piperidine rings is 1. The zero-order valence-corrected chi connectivity index (χ0v) is 39.1. The van der Waals surface area contributed by atoms with Crippen molar-refractivity contribution in [3.63, 3.8) is 0 Å². The van der Waals surface area contributed by atoms with Crippen LogP contribution in [0.3, 0.4) is 0 Å². The molecular formula is C50H59N11O7. The van der Waals surface area contributed by atoms with Crippen molar-refractivity contribution in [3.8, 4) is 40.3 Å². The number of aromatic nitrogens is 5. The average Bonchev–Trinajstić information content (AvgIpc) is 3.71. The van der Waals surface area contributed by atoms with Crippen LogP contribution in [0.15, 0.2) is 85.1 Å². The Hall–Kier alpha value is -6.99. The van der Waals surface area contributed by atoms with Crippen LogP contribution in [0.5, 0.6) is 23.3 Å². The lowest BCUT2D eigenvalue weighted by Crippen LogP contribution is -2.51. The number of benzene rings is 4. The van der Waals surface area contributed by atoms with Gasteiger partial charge in [-0.1, -0.05) is 43.2 Å². The molecule has 5 N–H and O–H groups in total. The fourth-order valence-corrected chi connectivity index (χ4v) is 9.23. The Balaban J connectivity index is 0.743. The van der Waals surface area contributed by atoms with Crippen LogP contribution in [0, 0.1) is 0 Å². The summed E-state index contributed by atoms with van der Waals surface area (Å²) in [6.45, 7) is 11.9. The van der Waals surface area contributed by atoms with E-state index in [0.29, 0.717) is 65.3 Å². The van der Waals surface area contributed by atoms with Crippen LogP contribution in [0.25, 0.3) is 17.1 Å². The van der Waals surface area contributed by atoms with E-state index in [1.807, 2.05) is 93.4 Å². The van der Waals surface area contributed by atoms with E-state index < -0.39 is 6.23 Å². The van der Waals surface area contributed by atoms with Gasteiger partial charge in [0.25, 0.3) is 5.91 Å². The molecule has 2 fully saturated rings. The minimum atomic E-state index is -0.693. The van der Waals surface area contributed by atoms with Gasteiger partial charge in [-0.15, -0.1) is 5.10 Å². The number of aliphatic hydroxyl groups is 1. The molecule has 5 heterocycles. The zero-order chi connectivity index (χ0) is 47.6. The molecule has 1 unspecified atom stereocenters. The van der Waals surface area contributed by atoms with Gasteiger partial charge in [0.05, 0.1) is 53.7 Å². The summed E-state index contributed by atoms with van der Waals surface area (Å²) in [6, 6.07) is 24.0. The second-order valence-corrected chi connectivity index (χ2v) is 17.8. The molecule has 0 bridgehead atoms. The smallest absolute Gasteiger partial charge is 0.319 e. The second-order valence-electron chi connectivity index (χ2n) is 17.8. The number of hydrogen-bond donors (Lipinski definition) is 5. The molecule has 3 aliphatic rings. The maximum Gasteiger partial charge on any atom is 0.319 e. The van der Waals surface area contributed by atoms with Crippen LogP contribution in [0.4, 0.5) is 34.5 Å². The monoisotopic (exact) mass is 925 g/mol. The van der Waals surface area contributed by atoms with Gasteiger partial charge in [0.15, 0.2) is 11.6 Å². The lowest BCUT2D eigenvalue weighted by Gasteiger charge is -2.38. The normalized spacial score (nSPS) is 16.5. The minimum Gasteiger partial charge on any atom is -0.508 e. The molecule has 3 aliphatic heterocycles. The number of rotatable bonds is 14. The van der Waals surface area contributed by atoms with Gasteiger partial charge in [0.1, 0.15) is 29.2 Å². The summed E-state index contributed by atoms with van der Waals surface area (Å²) in [4.78, 5) is 32.9. The van der Waals surface area contributed by atoms with E-state index in [9.17, 15) is 25.2 Å². The lowest BCUT2D eigenvalue weighted by molar-refractivity contribution is -0.0954. The number of aliphatic hydroxyl groups excluding tert-OH is 1. The zero-order valence-electron chi connectivity index (χ0n) is 39.1. The van der Waals surface area contributed by atoms with E-state index in [1.165, 1.54) is 10.6 Å². The van der Waals surface area contributed by atoms with E-state index in [4.69, 9.17) is 14.5 Å². The molecule has 0 spiro atoms. The standard InChI is InChI=1S/C50H59N11O7/c1-6-67-44-25-34(15-16-39(44)52-49-51-28-41-47(53-49)56(4)40-10-8-7-9-36(40)48(65)57(41)5)59-19-17-35(18-20-59)68-30-45(64)60-23-21-58(22-24-60)29-32-11-13-33(14-12-32)61-46(54-55-50(61)66)38-26-37(31(2)3)42(62)27-43(38)63/h7-16,25-28,31,35,45,62-64H,6,17-24,29-30H2,1-5H3,(H,55,66)(H,51,52,53). The summed E-state index contributed by atoms with van der Waals surface area (Å²) in [6.07, 6.45) is 2.68. The largest absolute Gasteiger partial charge is 0.508 e. The van der Waals surface area contributed by atoms with E-state index in [-0.39, 0.29) is 47.9 Å². The van der Waals surface area contributed by atoms with E-state index >= 15 is 0 Å². The van der Waals surface area contributed by atoms with Crippen LogP contribution in [-0.4, -0.2) is 140 Å². The number of phenolic OH excluding ortho intramolecular Hbond substituents is 2. The van der Waals surface area contributed by atoms with Crippen LogP contribution >= 0.6 is 0 Å². The SMILES string of the molecule is CCOc1cc(N2CCC(OCC(O)N3CCN(Cc4ccc(-n5c(O)nnc5-c5cc(C(C)C)c(O)cc5O)cc4)CC3)CC2)ccc1Nc1ncc2c(n1)N(C)c1ccccc1C(=O)N2C. The van der Waals surface area contributed by atoms with Gasteiger partial charge in [-0.2, -0.15) is 4.98 Å². The molecule has 18 heteroatoms. The summed E-state index contributed by atoms with van der Waals surface area (Å²) < 4.78 is 13.9. The average molecular weight is 926 g/mol. The van der Waals surface area contributed by atoms with Gasteiger partial charge >= 0.3 is 6.01 Å². The van der Waals surface area contributed by atoms with Crippen molar-refractivity contribution in [3.05, 3.63) is 102 Å². The molecular weight excluding hydrogens is 867 g/mol. The third-order valence-corrected chi connectivity index (χ3v) is 13.1. The molecule has 9 rings (SSSR count). The van der Waals surface area contributed by atoms with Gasteiger partial charge in [-0.05, 0) is 79.3 Å². The van der Waals surface area contributed by atoms with Crippen molar-refractivity contribution >= 4 is 40.4 Å². The highest BCUT2D eigenvalue weighted by molar-refractivity contribution is 6.13. The summed E-state index contributed by atoms with van der Waals surface area (Å²) >= 11 is 0. The van der Waals surface area contributed by atoms with Gasteiger partial charge < -0.3 is 49.9 Å². The Morgan fingerprint density at radius 2 is 1.54 bits per heavy atom. The Morgan fingerprint density at radius 3 is 2.28 bits per heavy atom. The third kappa shape index (κ3) is 9.44. The minimum absolute atomic E-state index is 0.00257. The molecule has 4 aromatic carbocycles. The molecule has 0 radical (unpaired) electrons. The van der Waals surface area contributed by atoms with Crippen molar-refractivity contribution in [2.45, 2.75) is 58.4 Å². The number of ether oxygens (including phenoxy) is 2. The number of aromatic hydroxyl groups is 3. The topological polar surface area (TPSA) is 201 Å². The number of phenols is 2. The lowest BCUT2D eigenvalue weighted by atomic mass is 9.98. The van der Waals surface area contributed by atoms with Crippen LogP contribution in [0.2, 0.25) is 0 Å². The highest BCUT2D eigenvalue weighted by Gasteiger charge is 2.30. The maximum absolute atomic E-state index is 13.2. The van der Waals surface area contributed by atoms with E-state index in [0.717, 1.165) is 68.2 Å². The van der Waals surface area contributed by atoms with Crippen molar-refractivity contribution in [1.82, 2.24) is 34.5 Å². The molecule has 68 heavy (non-hydrogen) atoms. The van der Waals surface area contributed by atoms with Crippen molar-refractivity contribution < 1.29 is 34.7 Å². The van der Waals surface area contributed by atoms with Crippen molar-refractivity contribution in [2.24, 2.45) is 0 Å². The Bertz CT molecular complexity index is 2750. The summed E-state index contributed by atoms with van der Waals surface area (Å²) in [7, 11) is 3.63. The molecule has 1 atom stereocenters. The molecule has 6 aromatic rings. The summed E-state index contributed by atoms with van der Waals surface area (Å²) in [5.41, 5.74) is 6.47. The van der Waals surface area contributed by atoms with Gasteiger partial charge in [0, 0.05) is 77.7 Å². The first-order valence-electron chi connectivity index (χ1n) is 23.2. The molecule has 356 valence electrons. The Morgan fingerprint density at radius 1 is 0.809 bits per heavy atom. The number of hydrogen-bond acceptors (Lipinski definition) is 16. The fraction of sp³-hybridized carbons (Fsp3) is 0.380. The number of carbonyl (C=O) groups is 1. The molecule has 0 aliphatic carbocycles. The van der Waals surface area contributed by atoms with Gasteiger partial charge in [-0.25, -0.2) is 9.55 Å². The molecule has 0 saturated carbocycles. The molecule has 18 nitrogen and oxygen atoms in total. The third-order valence-electron chi connectivity index (χ3n) is 13.1. The summed E-state index contributed by atoms with van der Waals surface area (Å²) in [5, 5.41) is 54.2. The van der Waals surface area contributed by atoms with Gasteiger partial charge in [-0.3, -0.25) is 14.6 Å². The predicted octanol–water partition coefficient (Wildman–Crippen LogP) is 6.59. The first-order valence-corrected chi connectivity index (χ1v) is 23.2. The quantitative estimate of drug-likeness (QED) is 0.0783. The number of fused-ring (bicyclic) bond motifs is 2. The predicted molar refractivity (Wildman–Crippen MR) is 260 cm³/mol. The fourth-order valence-electron chi connectivity index (χ4n) is 9.23. The molecule has 2 saturated heterocycles.